The molecule has 7 heteroatoms. The number of carbonyl (C=O) groups is 1. The van der Waals surface area contributed by atoms with Gasteiger partial charge < -0.3 is 15.0 Å². The number of H-pyrrole nitrogens is 1. The molecule has 1 rings (SSSR count). The fraction of sp³-hybridized carbons (Fsp3) is 0.615. The fourth-order valence-corrected chi connectivity index (χ4v) is 1.75. The van der Waals surface area contributed by atoms with E-state index in [1.54, 1.807) is 0 Å². The fourth-order valence-electron chi connectivity index (χ4n) is 1.75. The molecule has 0 aromatic carbocycles. The molecule has 0 radical (unpaired) electrons. The molecule has 1 heterocycles. The molecule has 0 aliphatic rings. The highest BCUT2D eigenvalue weighted by Crippen LogP contribution is 1.97. The van der Waals surface area contributed by atoms with Gasteiger partial charge in [0.2, 0.25) is 5.91 Å². The molecule has 0 unspecified atom stereocenters. The molecule has 20 heavy (non-hydrogen) atoms. The topological polar surface area (TPSA) is 104 Å². The summed E-state index contributed by atoms with van der Waals surface area (Å²) in [4.78, 5) is 35.9. The standard InChI is InChI=1S/C13H21N3O4/c17-10-4-2-1-3-7-14-11(18)5-8-16-9-6-12(19)15-13(16)20/h6,9,17H,1-5,7-8,10H2,(H,14,18)(H,15,19,20). The number of aromatic amines is 1. The van der Waals surface area contributed by atoms with Crippen LogP contribution in [0.1, 0.15) is 32.1 Å². The van der Waals surface area contributed by atoms with E-state index in [1.807, 2.05) is 0 Å². The van der Waals surface area contributed by atoms with Gasteiger partial charge in [0.25, 0.3) is 5.56 Å². The van der Waals surface area contributed by atoms with Gasteiger partial charge in [-0.1, -0.05) is 12.8 Å². The van der Waals surface area contributed by atoms with E-state index in [-0.39, 0.29) is 25.5 Å². The first-order valence-corrected chi connectivity index (χ1v) is 6.81. The Morgan fingerprint density at radius 1 is 1.25 bits per heavy atom. The minimum absolute atomic E-state index is 0.120. The molecule has 1 aromatic rings. The molecular formula is C13H21N3O4. The molecular weight excluding hydrogens is 262 g/mol. The number of amides is 1. The second-order valence-corrected chi connectivity index (χ2v) is 4.54. The van der Waals surface area contributed by atoms with Crippen LogP contribution in [0.5, 0.6) is 0 Å². The summed E-state index contributed by atoms with van der Waals surface area (Å²) in [6.45, 7) is 1.05. The Labute approximate surface area is 116 Å². The zero-order valence-electron chi connectivity index (χ0n) is 11.4. The molecule has 0 aliphatic heterocycles. The lowest BCUT2D eigenvalue weighted by atomic mass is 10.2. The van der Waals surface area contributed by atoms with Gasteiger partial charge in [0.05, 0.1) is 0 Å². The average Bonchev–Trinajstić information content (AvgIpc) is 2.41. The predicted octanol–water partition coefficient (Wildman–Crippen LogP) is -0.404. The molecule has 0 bridgehead atoms. The summed E-state index contributed by atoms with van der Waals surface area (Å²) in [5.74, 6) is -0.120. The maximum atomic E-state index is 11.5. The number of aliphatic hydroxyl groups is 1. The van der Waals surface area contributed by atoms with Gasteiger partial charge in [0.1, 0.15) is 0 Å². The van der Waals surface area contributed by atoms with Crippen molar-refractivity contribution in [2.45, 2.75) is 38.6 Å². The van der Waals surface area contributed by atoms with Crippen molar-refractivity contribution in [1.82, 2.24) is 14.9 Å². The molecule has 1 aromatic heterocycles. The van der Waals surface area contributed by atoms with E-state index in [0.717, 1.165) is 25.7 Å². The van der Waals surface area contributed by atoms with Crippen LogP contribution >= 0.6 is 0 Å². The van der Waals surface area contributed by atoms with Crippen molar-refractivity contribution >= 4 is 5.91 Å². The first-order chi connectivity index (χ1) is 9.63. The number of hydrogen-bond donors (Lipinski definition) is 3. The Bertz CT molecular complexity index is 521. The van der Waals surface area contributed by atoms with Gasteiger partial charge in [0, 0.05) is 38.4 Å². The molecule has 1 amide bonds. The molecule has 0 atom stereocenters. The minimum atomic E-state index is -0.505. The smallest absolute Gasteiger partial charge is 0.328 e. The van der Waals surface area contributed by atoms with Crippen molar-refractivity contribution in [2.75, 3.05) is 13.2 Å². The highest BCUT2D eigenvalue weighted by Gasteiger charge is 2.02. The molecule has 0 spiro atoms. The summed E-state index contributed by atoms with van der Waals surface area (Å²) in [5.41, 5.74) is -0.951. The second-order valence-electron chi connectivity index (χ2n) is 4.54. The lowest BCUT2D eigenvalue weighted by Crippen LogP contribution is -2.31. The maximum absolute atomic E-state index is 11.5. The molecule has 0 fully saturated rings. The third kappa shape index (κ3) is 6.33. The van der Waals surface area contributed by atoms with Gasteiger partial charge in [-0.05, 0) is 12.8 Å². The monoisotopic (exact) mass is 283 g/mol. The van der Waals surface area contributed by atoms with Gasteiger partial charge in [-0.2, -0.15) is 0 Å². The van der Waals surface area contributed by atoms with E-state index in [0.29, 0.717) is 6.54 Å². The summed E-state index contributed by atoms with van der Waals surface area (Å²) < 4.78 is 1.29. The second kappa shape index (κ2) is 9.08. The Balaban J connectivity index is 2.20. The number of hydrogen-bond acceptors (Lipinski definition) is 4. The van der Waals surface area contributed by atoms with Crippen LogP contribution in [0.25, 0.3) is 0 Å². The van der Waals surface area contributed by atoms with Gasteiger partial charge in [-0.25, -0.2) is 4.79 Å². The molecule has 0 saturated carbocycles. The van der Waals surface area contributed by atoms with Crippen LogP contribution in [-0.4, -0.2) is 33.7 Å². The molecule has 0 aliphatic carbocycles. The van der Waals surface area contributed by atoms with Gasteiger partial charge in [-0.3, -0.25) is 14.6 Å². The quantitative estimate of drug-likeness (QED) is 0.536. The maximum Gasteiger partial charge on any atom is 0.328 e. The van der Waals surface area contributed by atoms with E-state index in [9.17, 15) is 14.4 Å². The number of aliphatic hydroxyl groups excluding tert-OH is 1. The normalized spacial score (nSPS) is 10.4. The van der Waals surface area contributed by atoms with Gasteiger partial charge in [0.15, 0.2) is 0 Å². The summed E-state index contributed by atoms with van der Waals surface area (Å²) in [7, 11) is 0. The third-order valence-electron chi connectivity index (χ3n) is 2.88. The Morgan fingerprint density at radius 3 is 2.70 bits per heavy atom. The third-order valence-corrected chi connectivity index (χ3v) is 2.88. The van der Waals surface area contributed by atoms with Crippen molar-refractivity contribution in [3.05, 3.63) is 33.1 Å². The van der Waals surface area contributed by atoms with Crippen molar-refractivity contribution in [1.29, 1.82) is 0 Å². The number of rotatable bonds is 9. The van der Waals surface area contributed by atoms with Crippen LogP contribution in [-0.2, 0) is 11.3 Å². The average molecular weight is 283 g/mol. The van der Waals surface area contributed by atoms with E-state index in [2.05, 4.69) is 10.3 Å². The summed E-state index contributed by atoms with van der Waals surface area (Å²) >= 11 is 0. The van der Waals surface area contributed by atoms with Crippen LogP contribution in [0.4, 0.5) is 0 Å². The summed E-state index contributed by atoms with van der Waals surface area (Å²) in [6, 6.07) is 1.25. The van der Waals surface area contributed by atoms with Crippen molar-refractivity contribution in [2.24, 2.45) is 0 Å². The van der Waals surface area contributed by atoms with Crippen LogP contribution in [0.2, 0.25) is 0 Å². The van der Waals surface area contributed by atoms with E-state index in [1.165, 1.54) is 16.8 Å². The van der Waals surface area contributed by atoms with E-state index < -0.39 is 11.2 Å². The van der Waals surface area contributed by atoms with Crippen LogP contribution in [0.3, 0.4) is 0 Å². The number of nitrogens with one attached hydrogen (secondary N) is 2. The lowest BCUT2D eigenvalue weighted by Gasteiger charge is -2.06. The number of unbranched alkanes of at least 4 members (excludes halogenated alkanes) is 3. The lowest BCUT2D eigenvalue weighted by molar-refractivity contribution is -0.121. The molecule has 112 valence electrons. The zero-order chi connectivity index (χ0) is 14.8. The Kier molecular flexibility index (Phi) is 7.34. The SMILES string of the molecule is O=C(CCn1ccc(=O)[nH]c1=O)NCCCCCCO. The van der Waals surface area contributed by atoms with Crippen molar-refractivity contribution in [3.8, 4) is 0 Å². The van der Waals surface area contributed by atoms with Crippen LogP contribution in [0, 0.1) is 0 Å². The van der Waals surface area contributed by atoms with E-state index >= 15 is 0 Å². The minimum Gasteiger partial charge on any atom is -0.396 e. The Hall–Kier alpha value is -1.89. The number of nitrogens with zero attached hydrogens (tertiary/aromatic N) is 1. The van der Waals surface area contributed by atoms with Crippen molar-refractivity contribution < 1.29 is 9.90 Å². The van der Waals surface area contributed by atoms with Gasteiger partial charge in [-0.15, -0.1) is 0 Å². The highest BCUT2D eigenvalue weighted by molar-refractivity contribution is 5.75. The van der Waals surface area contributed by atoms with Crippen molar-refractivity contribution in [3.63, 3.8) is 0 Å². The molecule has 7 nitrogen and oxygen atoms in total. The molecule has 3 N–H and O–H groups in total. The van der Waals surface area contributed by atoms with Gasteiger partial charge >= 0.3 is 5.69 Å². The first kappa shape index (κ1) is 16.2. The zero-order valence-corrected chi connectivity index (χ0v) is 11.4. The van der Waals surface area contributed by atoms with E-state index in [4.69, 9.17) is 5.11 Å². The summed E-state index contributed by atoms with van der Waals surface area (Å²) in [5, 5.41) is 11.4. The van der Waals surface area contributed by atoms with Crippen LogP contribution in [0.15, 0.2) is 21.9 Å². The largest absolute Gasteiger partial charge is 0.396 e. The van der Waals surface area contributed by atoms with Crippen LogP contribution < -0.4 is 16.6 Å². The Morgan fingerprint density at radius 2 is 2.00 bits per heavy atom. The molecule has 0 saturated heterocycles. The summed E-state index contributed by atoms with van der Waals surface area (Å²) in [6.07, 6.45) is 5.18. The first-order valence-electron chi connectivity index (χ1n) is 6.81. The predicted molar refractivity (Wildman–Crippen MR) is 74.5 cm³/mol. The number of aryl methyl sites for hydroxylation is 1. The highest BCUT2D eigenvalue weighted by atomic mass is 16.3. The number of aromatic nitrogens is 2. The number of carbonyl (C=O) groups excluding carboxylic acids is 1.